The third kappa shape index (κ3) is 4.90. The quantitative estimate of drug-likeness (QED) is 0.721. The number of pyridine rings is 1. The average molecular weight is 434 g/mol. The van der Waals surface area contributed by atoms with E-state index < -0.39 is 48.4 Å². The molecule has 0 saturated heterocycles. The van der Waals surface area contributed by atoms with Crippen molar-refractivity contribution in [2.75, 3.05) is 16.8 Å². The number of carbonyl (C=O) groups excluding carboxylic acids is 2. The lowest BCUT2D eigenvalue weighted by atomic mass is 10.1. The van der Waals surface area contributed by atoms with Gasteiger partial charge >= 0.3 is 18.6 Å². The van der Waals surface area contributed by atoms with Crippen LogP contribution in [-0.4, -0.2) is 36.0 Å². The second kappa shape index (κ2) is 7.72. The van der Waals surface area contributed by atoms with E-state index in [9.17, 15) is 35.9 Å². The van der Waals surface area contributed by atoms with Crippen LogP contribution in [0.25, 0.3) is 0 Å². The van der Waals surface area contributed by atoms with Gasteiger partial charge in [0.1, 0.15) is 12.3 Å². The summed E-state index contributed by atoms with van der Waals surface area (Å²) < 4.78 is 80.9. The third-order valence-electron chi connectivity index (χ3n) is 3.91. The van der Waals surface area contributed by atoms with Gasteiger partial charge in [0.25, 0.3) is 0 Å². The minimum Gasteiger partial charge on any atom is -0.406 e. The van der Waals surface area contributed by atoms with Gasteiger partial charge in [0.15, 0.2) is 11.9 Å². The SMILES string of the molecule is O=C1CN(C(=O)NC(c2ccc(OC(F)(F)F)cc2)C(F)(F)F)c2ncccc2N1. The molecule has 7 nitrogen and oxygen atoms in total. The number of benzene rings is 1. The number of rotatable bonds is 3. The number of halogens is 6. The molecule has 1 aliphatic heterocycles. The number of nitrogens with one attached hydrogen (secondary N) is 2. The van der Waals surface area contributed by atoms with Gasteiger partial charge in [0, 0.05) is 6.20 Å². The lowest BCUT2D eigenvalue weighted by Gasteiger charge is -2.30. The van der Waals surface area contributed by atoms with Crippen LogP contribution in [0.2, 0.25) is 0 Å². The van der Waals surface area contributed by atoms with Gasteiger partial charge < -0.3 is 15.4 Å². The summed E-state index contributed by atoms with van der Waals surface area (Å²) in [5.41, 5.74) is -0.394. The number of nitrogens with zero attached hydrogens (tertiary/aromatic N) is 2. The molecule has 3 rings (SSSR count). The van der Waals surface area contributed by atoms with Crippen molar-refractivity contribution in [1.82, 2.24) is 10.3 Å². The van der Waals surface area contributed by atoms with Crippen LogP contribution in [0.15, 0.2) is 42.6 Å². The third-order valence-corrected chi connectivity index (χ3v) is 3.91. The Kier molecular flexibility index (Phi) is 5.46. The second-order valence-corrected chi connectivity index (χ2v) is 6.05. The molecule has 0 fully saturated rings. The summed E-state index contributed by atoms with van der Waals surface area (Å²) in [6.07, 6.45) is -8.70. The van der Waals surface area contributed by atoms with Crippen LogP contribution in [0, 0.1) is 0 Å². The van der Waals surface area contributed by atoms with Crippen molar-refractivity contribution in [3.63, 3.8) is 0 Å². The van der Waals surface area contributed by atoms with Crippen molar-refractivity contribution in [3.05, 3.63) is 48.2 Å². The van der Waals surface area contributed by atoms with Crippen molar-refractivity contribution in [2.45, 2.75) is 18.6 Å². The fourth-order valence-corrected chi connectivity index (χ4v) is 2.70. The van der Waals surface area contributed by atoms with Gasteiger partial charge in [-0.15, -0.1) is 13.2 Å². The minimum absolute atomic E-state index is 0.0514. The number of ether oxygens (including phenoxy) is 1. The van der Waals surface area contributed by atoms with Crippen LogP contribution < -0.4 is 20.3 Å². The highest BCUT2D eigenvalue weighted by Crippen LogP contribution is 2.35. The van der Waals surface area contributed by atoms with E-state index in [0.717, 1.165) is 17.0 Å². The fourth-order valence-electron chi connectivity index (χ4n) is 2.70. The highest BCUT2D eigenvalue weighted by Gasteiger charge is 2.43. The van der Waals surface area contributed by atoms with Gasteiger partial charge in [-0.25, -0.2) is 9.78 Å². The van der Waals surface area contributed by atoms with E-state index in [4.69, 9.17) is 0 Å². The second-order valence-electron chi connectivity index (χ2n) is 6.05. The van der Waals surface area contributed by atoms with Crippen molar-refractivity contribution in [3.8, 4) is 5.75 Å². The highest BCUT2D eigenvalue weighted by atomic mass is 19.4. The van der Waals surface area contributed by atoms with E-state index in [1.165, 1.54) is 18.3 Å². The Hall–Kier alpha value is -3.51. The molecule has 1 aromatic heterocycles. The number of anilines is 2. The number of amides is 3. The van der Waals surface area contributed by atoms with Gasteiger partial charge in [0.2, 0.25) is 5.91 Å². The maximum Gasteiger partial charge on any atom is 0.573 e. The van der Waals surface area contributed by atoms with Crippen LogP contribution in [0.1, 0.15) is 11.6 Å². The van der Waals surface area contributed by atoms with Crippen LogP contribution in [0.4, 0.5) is 42.6 Å². The normalized spacial score (nSPS) is 15.1. The number of fused-ring (bicyclic) bond motifs is 1. The lowest BCUT2D eigenvalue weighted by Crippen LogP contribution is -2.50. The van der Waals surface area contributed by atoms with Gasteiger partial charge in [-0.2, -0.15) is 13.2 Å². The zero-order chi connectivity index (χ0) is 22.1. The summed E-state index contributed by atoms with van der Waals surface area (Å²) in [5, 5.41) is 4.18. The Morgan fingerprint density at radius 1 is 1.13 bits per heavy atom. The molecule has 160 valence electrons. The van der Waals surface area contributed by atoms with Crippen molar-refractivity contribution in [2.24, 2.45) is 0 Å². The van der Waals surface area contributed by atoms with Crippen molar-refractivity contribution >= 4 is 23.4 Å². The number of hydrogen-bond acceptors (Lipinski definition) is 4. The molecule has 1 unspecified atom stereocenters. The molecule has 0 aliphatic carbocycles. The van der Waals surface area contributed by atoms with Gasteiger partial charge in [-0.1, -0.05) is 12.1 Å². The van der Waals surface area contributed by atoms with Gasteiger partial charge in [0.05, 0.1) is 5.69 Å². The number of aromatic nitrogens is 1. The van der Waals surface area contributed by atoms with E-state index >= 15 is 0 Å². The zero-order valence-electron chi connectivity index (χ0n) is 14.7. The summed E-state index contributed by atoms with van der Waals surface area (Å²) in [5.74, 6) is -1.41. The summed E-state index contributed by atoms with van der Waals surface area (Å²) in [7, 11) is 0. The first kappa shape index (κ1) is 21.2. The van der Waals surface area contributed by atoms with Crippen molar-refractivity contribution in [1.29, 1.82) is 0 Å². The molecular formula is C17H12F6N4O3. The smallest absolute Gasteiger partial charge is 0.406 e. The summed E-state index contributed by atoms with van der Waals surface area (Å²) in [6, 6.07) is 1.94. The Morgan fingerprint density at radius 2 is 1.80 bits per heavy atom. The van der Waals surface area contributed by atoms with Gasteiger partial charge in [-0.05, 0) is 29.8 Å². The Balaban J connectivity index is 1.84. The molecule has 13 heteroatoms. The number of alkyl halides is 6. The first-order valence-electron chi connectivity index (χ1n) is 8.19. The molecule has 0 bridgehead atoms. The Bertz CT molecular complexity index is 946. The van der Waals surface area contributed by atoms with Crippen molar-refractivity contribution < 1.29 is 40.7 Å². The largest absolute Gasteiger partial charge is 0.573 e. The molecule has 0 saturated carbocycles. The monoisotopic (exact) mass is 434 g/mol. The molecular weight excluding hydrogens is 422 g/mol. The maximum absolute atomic E-state index is 13.5. The minimum atomic E-state index is -5.01. The summed E-state index contributed by atoms with van der Waals surface area (Å²) >= 11 is 0. The van der Waals surface area contributed by atoms with E-state index in [-0.39, 0.29) is 11.5 Å². The Morgan fingerprint density at radius 3 is 2.40 bits per heavy atom. The molecule has 2 aromatic rings. The Labute approximate surface area is 164 Å². The summed E-state index contributed by atoms with van der Waals surface area (Å²) in [6.45, 7) is -0.571. The van der Waals surface area contributed by atoms with E-state index in [1.807, 2.05) is 0 Å². The lowest BCUT2D eigenvalue weighted by molar-refractivity contribution is -0.274. The molecule has 2 heterocycles. The summed E-state index contributed by atoms with van der Waals surface area (Å²) in [4.78, 5) is 28.9. The van der Waals surface area contributed by atoms with E-state index in [2.05, 4.69) is 15.0 Å². The predicted octanol–water partition coefficient (Wildman–Crippen LogP) is 3.75. The average Bonchev–Trinajstić information content (AvgIpc) is 2.64. The zero-order valence-corrected chi connectivity index (χ0v) is 14.7. The van der Waals surface area contributed by atoms with Crippen LogP contribution in [0.3, 0.4) is 0 Å². The maximum atomic E-state index is 13.5. The fraction of sp³-hybridized carbons (Fsp3) is 0.235. The first-order valence-corrected chi connectivity index (χ1v) is 8.19. The molecule has 30 heavy (non-hydrogen) atoms. The molecule has 0 spiro atoms. The first-order chi connectivity index (χ1) is 13.9. The molecule has 2 N–H and O–H groups in total. The van der Waals surface area contributed by atoms with E-state index in [0.29, 0.717) is 12.1 Å². The molecule has 1 aromatic carbocycles. The number of carbonyl (C=O) groups is 2. The molecule has 3 amide bonds. The van der Waals surface area contributed by atoms with Crippen LogP contribution >= 0.6 is 0 Å². The molecule has 0 radical (unpaired) electrons. The van der Waals surface area contributed by atoms with E-state index in [1.54, 1.807) is 5.32 Å². The standard InChI is InChI=1S/C17H12F6N4O3/c18-16(19,20)13(9-3-5-10(6-4-9)30-17(21,22)23)26-15(29)27-8-12(28)25-11-2-1-7-24-14(11)27/h1-7,13H,8H2,(H,25,28)(H,26,29). The van der Waals surface area contributed by atoms with Gasteiger partial charge in [-0.3, -0.25) is 9.69 Å². The van der Waals surface area contributed by atoms with Crippen LogP contribution in [0.5, 0.6) is 5.75 Å². The predicted molar refractivity (Wildman–Crippen MR) is 90.7 cm³/mol. The molecule has 1 atom stereocenters. The van der Waals surface area contributed by atoms with Crippen LogP contribution in [-0.2, 0) is 4.79 Å². The molecule has 1 aliphatic rings. The highest BCUT2D eigenvalue weighted by molar-refractivity contribution is 6.08. The number of hydrogen-bond donors (Lipinski definition) is 2. The topological polar surface area (TPSA) is 83.6 Å². The number of urea groups is 1.